The van der Waals surface area contributed by atoms with Gasteiger partial charge in [-0.25, -0.2) is 14.8 Å². The van der Waals surface area contributed by atoms with Gasteiger partial charge in [0.15, 0.2) is 0 Å². The topological polar surface area (TPSA) is 125 Å². The molecule has 2 aromatic carbocycles. The van der Waals surface area contributed by atoms with Crippen molar-refractivity contribution in [2.75, 3.05) is 29.0 Å². The van der Waals surface area contributed by atoms with Crippen LogP contribution in [0.4, 0.5) is 22.1 Å². The second-order valence-corrected chi connectivity index (χ2v) is 8.58. The molecule has 0 spiro atoms. The van der Waals surface area contributed by atoms with Crippen molar-refractivity contribution in [3.8, 4) is 0 Å². The molecule has 2 saturated heterocycles. The molecule has 4 N–H and O–H groups in total. The van der Waals surface area contributed by atoms with E-state index in [0.717, 1.165) is 5.56 Å². The van der Waals surface area contributed by atoms with Crippen molar-refractivity contribution in [3.05, 3.63) is 78.1 Å². The SMILES string of the molecule is Nc1ccccc1NC(=O)c1cnc(N2CC3(Cc4ccccc4)CC2CN3C(=O)O)nc1. The highest BCUT2D eigenvalue weighted by Gasteiger charge is 2.57. The molecule has 9 nitrogen and oxygen atoms in total. The number of nitrogens with two attached hydrogens (primary N) is 1. The summed E-state index contributed by atoms with van der Waals surface area (Å²) in [7, 11) is 0. The van der Waals surface area contributed by atoms with E-state index in [9.17, 15) is 14.7 Å². The smallest absolute Gasteiger partial charge is 0.407 e. The highest BCUT2D eigenvalue weighted by atomic mass is 16.4. The van der Waals surface area contributed by atoms with Crippen molar-refractivity contribution >= 4 is 29.3 Å². The monoisotopic (exact) mass is 444 g/mol. The number of nitrogens with one attached hydrogen (secondary N) is 1. The van der Waals surface area contributed by atoms with Crippen molar-refractivity contribution in [2.24, 2.45) is 0 Å². The van der Waals surface area contributed by atoms with Gasteiger partial charge in [-0.1, -0.05) is 42.5 Å². The molecule has 2 fully saturated rings. The van der Waals surface area contributed by atoms with Crippen molar-refractivity contribution in [1.82, 2.24) is 14.9 Å². The van der Waals surface area contributed by atoms with Crippen LogP contribution in [-0.4, -0.2) is 56.6 Å². The van der Waals surface area contributed by atoms with Crippen LogP contribution < -0.4 is 16.0 Å². The third-order valence-electron chi connectivity index (χ3n) is 6.46. The molecule has 0 radical (unpaired) electrons. The number of carboxylic acid groups (broad SMARTS) is 1. The van der Waals surface area contributed by atoms with E-state index in [4.69, 9.17) is 5.73 Å². The Labute approximate surface area is 190 Å². The number of benzene rings is 2. The number of carbonyl (C=O) groups is 2. The zero-order valence-corrected chi connectivity index (χ0v) is 17.9. The third kappa shape index (κ3) is 3.82. The van der Waals surface area contributed by atoms with Crippen molar-refractivity contribution < 1.29 is 14.7 Å². The number of likely N-dealkylation sites (tertiary alicyclic amines) is 1. The van der Waals surface area contributed by atoms with Crippen molar-refractivity contribution in [3.63, 3.8) is 0 Å². The van der Waals surface area contributed by atoms with Gasteiger partial charge in [0.05, 0.1) is 28.5 Å². The van der Waals surface area contributed by atoms with Crippen LogP contribution in [0.15, 0.2) is 67.0 Å². The van der Waals surface area contributed by atoms with Crippen LogP contribution in [0.5, 0.6) is 0 Å². The molecule has 33 heavy (non-hydrogen) atoms. The molecule has 3 aromatic rings. The normalized spacial score (nSPS) is 21.3. The maximum atomic E-state index is 12.6. The number of rotatable bonds is 5. The summed E-state index contributed by atoms with van der Waals surface area (Å²) in [5.41, 5.74) is 7.78. The Hall–Kier alpha value is -4.14. The average Bonchev–Trinajstić information content (AvgIpc) is 3.37. The second kappa shape index (κ2) is 8.09. The lowest BCUT2D eigenvalue weighted by Gasteiger charge is -2.40. The van der Waals surface area contributed by atoms with Crippen LogP contribution in [0.3, 0.4) is 0 Å². The summed E-state index contributed by atoms with van der Waals surface area (Å²) in [5, 5.41) is 12.6. The molecule has 2 atom stereocenters. The number of nitrogen functional groups attached to an aromatic ring is 1. The third-order valence-corrected chi connectivity index (χ3v) is 6.46. The average molecular weight is 444 g/mol. The fraction of sp³-hybridized carbons (Fsp3) is 0.250. The predicted molar refractivity (Wildman–Crippen MR) is 124 cm³/mol. The molecule has 0 saturated carbocycles. The first-order chi connectivity index (χ1) is 15.9. The summed E-state index contributed by atoms with van der Waals surface area (Å²) in [6, 6.07) is 16.9. The minimum Gasteiger partial charge on any atom is -0.465 e. The molecule has 1 aromatic heterocycles. The number of para-hydroxylation sites is 2. The van der Waals surface area contributed by atoms with Crippen LogP contribution in [0.25, 0.3) is 0 Å². The molecule has 3 heterocycles. The van der Waals surface area contributed by atoms with E-state index in [1.807, 2.05) is 30.3 Å². The maximum Gasteiger partial charge on any atom is 0.407 e. The van der Waals surface area contributed by atoms with Crippen LogP contribution in [-0.2, 0) is 6.42 Å². The Morgan fingerprint density at radius 1 is 1.09 bits per heavy atom. The second-order valence-electron chi connectivity index (χ2n) is 8.58. The highest BCUT2D eigenvalue weighted by Crippen LogP contribution is 2.43. The fourth-order valence-electron chi connectivity index (χ4n) is 4.93. The summed E-state index contributed by atoms with van der Waals surface area (Å²) in [6.45, 7) is 0.909. The lowest BCUT2D eigenvalue weighted by molar-refractivity contribution is 0.0998. The molecule has 2 aliphatic rings. The number of amides is 2. The zero-order valence-electron chi connectivity index (χ0n) is 17.9. The van der Waals surface area contributed by atoms with Crippen molar-refractivity contribution in [1.29, 1.82) is 0 Å². The van der Waals surface area contributed by atoms with Gasteiger partial charge in [0.1, 0.15) is 0 Å². The molecular formula is C24H24N6O3. The lowest BCUT2D eigenvalue weighted by Crippen LogP contribution is -2.57. The number of anilines is 3. The highest BCUT2D eigenvalue weighted by molar-refractivity contribution is 6.05. The van der Waals surface area contributed by atoms with Gasteiger partial charge in [0.2, 0.25) is 5.95 Å². The van der Waals surface area contributed by atoms with Gasteiger partial charge in [0.25, 0.3) is 5.91 Å². The van der Waals surface area contributed by atoms with Gasteiger partial charge in [-0.3, -0.25) is 9.69 Å². The van der Waals surface area contributed by atoms with Crippen LogP contribution in [0, 0.1) is 0 Å². The first-order valence-corrected chi connectivity index (χ1v) is 10.7. The summed E-state index contributed by atoms with van der Waals surface area (Å²) < 4.78 is 0. The zero-order chi connectivity index (χ0) is 23.0. The predicted octanol–water partition coefficient (Wildman–Crippen LogP) is 2.86. The molecule has 0 aliphatic carbocycles. The maximum absolute atomic E-state index is 12.6. The van der Waals surface area contributed by atoms with Crippen LogP contribution in [0.2, 0.25) is 0 Å². The molecule has 5 rings (SSSR count). The van der Waals surface area contributed by atoms with E-state index in [-0.39, 0.29) is 11.9 Å². The van der Waals surface area contributed by atoms with Gasteiger partial charge in [0, 0.05) is 25.5 Å². The number of fused-ring (bicyclic) bond motifs is 2. The molecule has 2 unspecified atom stereocenters. The molecule has 2 amide bonds. The minimum absolute atomic E-state index is 0.00592. The first-order valence-electron chi connectivity index (χ1n) is 10.7. The number of hydrogen-bond donors (Lipinski definition) is 3. The number of hydrogen-bond acceptors (Lipinski definition) is 6. The number of aromatic nitrogens is 2. The van der Waals surface area contributed by atoms with Crippen molar-refractivity contribution in [2.45, 2.75) is 24.4 Å². The number of nitrogens with zero attached hydrogens (tertiary/aromatic N) is 4. The first kappa shape index (κ1) is 20.7. The van der Waals surface area contributed by atoms with Gasteiger partial charge < -0.3 is 21.1 Å². The summed E-state index contributed by atoms with van der Waals surface area (Å²) in [5.74, 6) is 0.149. The van der Waals surface area contributed by atoms with E-state index in [2.05, 4.69) is 20.2 Å². The van der Waals surface area contributed by atoms with Crippen LogP contribution >= 0.6 is 0 Å². The van der Waals surface area contributed by atoms with Gasteiger partial charge >= 0.3 is 6.09 Å². The quantitative estimate of drug-likeness (QED) is 0.517. The molecule has 2 aliphatic heterocycles. The van der Waals surface area contributed by atoms with Gasteiger partial charge in [-0.15, -0.1) is 0 Å². The van der Waals surface area contributed by atoms with Gasteiger partial charge in [-0.2, -0.15) is 0 Å². The van der Waals surface area contributed by atoms with E-state index >= 15 is 0 Å². The Bertz CT molecular complexity index is 1190. The molecule has 2 bridgehead atoms. The Morgan fingerprint density at radius 3 is 2.48 bits per heavy atom. The Morgan fingerprint density at radius 2 is 1.79 bits per heavy atom. The van der Waals surface area contributed by atoms with Gasteiger partial charge in [-0.05, 0) is 30.5 Å². The minimum atomic E-state index is -0.902. The summed E-state index contributed by atoms with van der Waals surface area (Å²) >= 11 is 0. The van der Waals surface area contributed by atoms with E-state index in [1.54, 1.807) is 29.2 Å². The fourth-order valence-corrected chi connectivity index (χ4v) is 4.93. The van der Waals surface area contributed by atoms with E-state index in [1.165, 1.54) is 12.4 Å². The number of carbonyl (C=O) groups excluding carboxylic acids is 1. The molecule has 9 heteroatoms. The summed E-state index contributed by atoms with van der Waals surface area (Å²) in [6.07, 6.45) is 3.42. The van der Waals surface area contributed by atoms with Crippen LogP contribution in [0.1, 0.15) is 22.3 Å². The Balaban J connectivity index is 1.34. The van der Waals surface area contributed by atoms with E-state index in [0.29, 0.717) is 48.8 Å². The standard InChI is InChI=1S/C24H24N6O3/c25-19-8-4-5-9-20(19)28-21(31)17-12-26-22(27-13-17)29-15-24(10-16-6-2-1-3-7-16)11-18(29)14-30(24)23(32)33/h1-9,12-13,18H,10-11,14-15,25H2,(H,28,31)(H,32,33). The Kier molecular flexibility index (Phi) is 5.08. The summed E-state index contributed by atoms with van der Waals surface area (Å²) in [4.78, 5) is 37.0. The van der Waals surface area contributed by atoms with E-state index < -0.39 is 11.6 Å². The number of piperazine rings is 1. The largest absolute Gasteiger partial charge is 0.465 e. The molecule has 168 valence electrons. The lowest BCUT2D eigenvalue weighted by atomic mass is 9.90. The molecular weight excluding hydrogens is 420 g/mol.